The first-order valence-electron chi connectivity index (χ1n) is 5.62. The normalized spacial score (nSPS) is 10.8. The van der Waals surface area contributed by atoms with E-state index in [2.05, 4.69) is 5.10 Å². The minimum atomic E-state index is 0.185. The molecule has 0 saturated heterocycles. The second-order valence-corrected chi connectivity index (χ2v) is 4.29. The fourth-order valence-electron chi connectivity index (χ4n) is 1.71. The van der Waals surface area contributed by atoms with Gasteiger partial charge in [-0.3, -0.25) is 4.68 Å². The lowest BCUT2D eigenvalue weighted by Gasteiger charge is -2.09. The number of nitrogens with zero attached hydrogens (tertiary/aromatic N) is 2. The van der Waals surface area contributed by atoms with Gasteiger partial charge < -0.3 is 10.5 Å². The van der Waals surface area contributed by atoms with Crippen LogP contribution in [0.5, 0.6) is 5.75 Å². The number of hydrogen-bond acceptors (Lipinski definition) is 3. The van der Waals surface area contributed by atoms with Gasteiger partial charge in [0.2, 0.25) is 0 Å². The van der Waals surface area contributed by atoms with Gasteiger partial charge in [0.15, 0.2) is 5.82 Å². The molecule has 0 aliphatic carbocycles. The highest BCUT2D eigenvalue weighted by molar-refractivity contribution is 5.73. The van der Waals surface area contributed by atoms with Crippen molar-refractivity contribution in [3.63, 3.8) is 0 Å². The summed E-state index contributed by atoms with van der Waals surface area (Å²) in [6, 6.07) is 7.87. The van der Waals surface area contributed by atoms with E-state index in [9.17, 15) is 0 Å². The molecule has 1 aromatic heterocycles. The zero-order chi connectivity index (χ0) is 12.4. The molecule has 1 heterocycles. The van der Waals surface area contributed by atoms with E-state index < -0.39 is 0 Å². The van der Waals surface area contributed by atoms with E-state index in [0.717, 1.165) is 16.9 Å². The van der Waals surface area contributed by atoms with Crippen LogP contribution in [0.1, 0.15) is 13.8 Å². The second kappa shape index (κ2) is 4.49. The standard InChI is InChI=1S/C13H17N3O/c1-9(2)17-11-6-4-10(5-7-11)12-8-16(3)15-13(12)14/h4-9H,1-3H3,(H2,14,15). The highest BCUT2D eigenvalue weighted by Gasteiger charge is 2.07. The third kappa shape index (κ3) is 2.58. The first kappa shape index (κ1) is 11.5. The lowest BCUT2D eigenvalue weighted by atomic mass is 10.1. The number of aromatic nitrogens is 2. The van der Waals surface area contributed by atoms with Crippen LogP contribution in [0.15, 0.2) is 30.5 Å². The number of anilines is 1. The molecular formula is C13H17N3O. The van der Waals surface area contributed by atoms with Gasteiger partial charge in [-0.2, -0.15) is 5.10 Å². The molecule has 0 amide bonds. The number of hydrogen-bond donors (Lipinski definition) is 1. The van der Waals surface area contributed by atoms with Crippen molar-refractivity contribution >= 4 is 5.82 Å². The van der Waals surface area contributed by atoms with E-state index in [0.29, 0.717) is 5.82 Å². The summed E-state index contributed by atoms with van der Waals surface area (Å²) in [6.07, 6.45) is 2.09. The number of ether oxygens (including phenoxy) is 1. The summed E-state index contributed by atoms with van der Waals surface area (Å²) in [7, 11) is 1.86. The summed E-state index contributed by atoms with van der Waals surface area (Å²) in [6.45, 7) is 4.01. The Labute approximate surface area is 101 Å². The van der Waals surface area contributed by atoms with Crippen molar-refractivity contribution in [3.05, 3.63) is 30.5 Å². The topological polar surface area (TPSA) is 53.1 Å². The van der Waals surface area contributed by atoms with Gasteiger partial charge in [-0.05, 0) is 31.5 Å². The first-order chi connectivity index (χ1) is 8.06. The number of nitrogen functional groups attached to an aromatic ring is 1. The van der Waals surface area contributed by atoms with Crippen molar-refractivity contribution < 1.29 is 4.74 Å². The summed E-state index contributed by atoms with van der Waals surface area (Å²) < 4.78 is 7.30. The molecule has 2 N–H and O–H groups in total. The van der Waals surface area contributed by atoms with Gasteiger partial charge in [0.1, 0.15) is 5.75 Å². The van der Waals surface area contributed by atoms with Crippen LogP contribution in [-0.2, 0) is 7.05 Å². The molecule has 0 radical (unpaired) electrons. The maximum absolute atomic E-state index is 5.83. The highest BCUT2D eigenvalue weighted by Crippen LogP contribution is 2.26. The van der Waals surface area contributed by atoms with Crippen molar-refractivity contribution in [3.8, 4) is 16.9 Å². The van der Waals surface area contributed by atoms with Gasteiger partial charge >= 0.3 is 0 Å². The third-order valence-corrected chi connectivity index (χ3v) is 2.39. The number of rotatable bonds is 3. The van der Waals surface area contributed by atoms with Crippen LogP contribution in [0.2, 0.25) is 0 Å². The molecule has 1 aromatic carbocycles. The minimum absolute atomic E-state index is 0.185. The average Bonchev–Trinajstić information content (AvgIpc) is 2.58. The number of nitrogens with two attached hydrogens (primary N) is 1. The fourth-order valence-corrected chi connectivity index (χ4v) is 1.71. The van der Waals surface area contributed by atoms with E-state index in [1.54, 1.807) is 4.68 Å². The van der Waals surface area contributed by atoms with Gasteiger partial charge in [0.25, 0.3) is 0 Å². The van der Waals surface area contributed by atoms with Gasteiger partial charge in [0, 0.05) is 18.8 Å². The molecule has 0 aliphatic heterocycles. The molecule has 0 saturated carbocycles. The Balaban J connectivity index is 2.26. The third-order valence-electron chi connectivity index (χ3n) is 2.39. The lowest BCUT2D eigenvalue weighted by molar-refractivity contribution is 0.242. The lowest BCUT2D eigenvalue weighted by Crippen LogP contribution is -2.05. The predicted octanol–water partition coefficient (Wildman–Crippen LogP) is 2.46. The number of benzene rings is 1. The van der Waals surface area contributed by atoms with Crippen molar-refractivity contribution in [1.29, 1.82) is 0 Å². The van der Waals surface area contributed by atoms with Crippen LogP contribution in [0.4, 0.5) is 5.82 Å². The van der Waals surface area contributed by atoms with Crippen LogP contribution in [0, 0.1) is 0 Å². The summed E-state index contributed by atoms with van der Waals surface area (Å²) in [5, 5.41) is 4.12. The Kier molecular flexibility index (Phi) is 3.04. The summed E-state index contributed by atoms with van der Waals surface area (Å²) in [5.41, 5.74) is 7.82. The molecule has 0 atom stereocenters. The molecule has 17 heavy (non-hydrogen) atoms. The molecule has 0 bridgehead atoms. The zero-order valence-electron chi connectivity index (χ0n) is 10.3. The van der Waals surface area contributed by atoms with E-state index in [1.165, 1.54) is 0 Å². The van der Waals surface area contributed by atoms with Gasteiger partial charge in [-0.15, -0.1) is 0 Å². The zero-order valence-corrected chi connectivity index (χ0v) is 10.3. The van der Waals surface area contributed by atoms with E-state index >= 15 is 0 Å². The Bertz CT molecular complexity index is 500. The summed E-state index contributed by atoms with van der Waals surface area (Å²) in [5.74, 6) is 1.41. The molecule has 0 unspecified atom stereocenters. The largest absolute Gasteiger partial charge is 0.491 e. The maximum Gasteiger partial charge on any atom is 0.153 e. The van der Waals surface area contributed by atoms with Crippen molar-refractivity contribution in [1.82, 2.24) is 9.78 Å². The molecular weight excluding hydrogens is 214 g/mol. The average molecular weight is 231 g/mol. The molecule has 2 rings (SSSR count). The molecule has 90 valence electrons. The maximum atomic E-state index is 5.83. The van der Waals surface area contributed by atoms with Crippen LogP contribution < -0.4 is 10.5 Å². The van der Waals surface area contributed by atoms with Crippen LogP contribution in [0.3, 0.4) is 0 Å². The van der Waals surface area contributed by atoms with Crippen molar-refractivity contribution in [2.24, 2.45) is 7.05 Å². The Morgan fingerprint density at radius 3 is 2.35 bits per heavy atom. The Hall–Kier alpha value is -1.97. The summed E-state index contributed by atoms with van der Waals surface area (Å²) >= 11 is 0. The second-order valence-electron chi connectivity index (χ2n) is 4.29. The quantitative estimate of drug-likeness (QED) is 0.882. The van der Waals surface area contributed by atoms with Crippen LogP contribution >= 0.6 is 0 Å². The Morgan fingerprint density at radius 2 is 1.88 bits per heavy atom. The molecule has 4 heteroatoms. The smallest absolute Gasteiger partial charge is 0.153 e. The SMILES string of the molecule is CC(C)Oc1ccc(-c2cn(C)nc2N)cc1. The molecule has 0 fully saturated rings. The number of aryl methyl sites for hydroxylation is 1. The monoisotopic (exact) mass is 231 g/mol. The van der Waals surface area contributed by atoms with Gasteiger partial charge in [0.05, 0.1) is 6.10 Å². The van der Waals surface area contributed by atoms with Crippen LogP contribution in [-0.4, -0.2) is 15.9 Å². The minimum Gasteiger partial charge on any atom is -0.491 e. The fraction of sp³-hybridized carbons (Fsp3) is 0.308. The van der Waals surface area contributed by atoms with E-state index in [-0.39, 0.29) is 6.10 Å². The molecule has 0 aliphatic rings. The van der Waals surface area contributed by atoms with Crippen LogP contribution in [0.25, 0.3) is 11.1 Å². The first-order valence-corrected chi connectivity index (χ1v) is 5.62. The van der Waals surface area contributed by atoms with Crippen molar-refractivity contribution in [2.75, 3.05) is 5.73 Å². The molecule has 2 aromatic rings. The highest BCUT2D eigenvalue weighted by atomic mass is 16.5. The molecule has 0 spiro atoms. The van der Waals surface area contributed by atoms with Gasteiger partial charge in [-0.1, -0.05) is 12.1 Å². The molecule has 4 nitrogen and oxygen atoms in total. The van der Waals surface area contributed by atoms with Crippen molar-refractivity contribution in [2.45, 2.75) is 20.0 Å². The van der Waals surface area contributed by atoms with E-state index in [4.69, 9.17) is 10.5 Å². The predicted molar refractivity (Wildman–Crippen MR) is 68.8 cm³/mol. The van der Waals surface area contributed by atoms with E-state index in [1.807, 2.05) is 51.4 Å². The van der Waals surface area contributed by atoms with Gasteiger partial charge in [-0.25, -0.2) is 0 Å². The Morgan fingerprint density at radius 1 is 1.24 bits per heavy atom. The summed E-state index contributed by atoms with van der Waals surface area (Å²) in [4.78, 5) is 0.